The molecule has 1 aliphatic rings. The van der Waals surface area contributed by atoms with Gasteiger partial charge in [-0.15, -0.1) is 0 Å². The van der Waals surface area contributed by atoms with Gasteiger partial charge in [0.2, 0.25) is 0 Å². The SMILES string of the molecule is NC1CCCCCC1NC(=O)c1cnn2ccccc12. The van der Waals surface area contributed by atoms with E-state index < -0.39 is 0 Å². The highest BCUT2D eigenvalue weighted by Crippen LogP contribution is 2.18. The largest absolute Gasteiger partial charge is 0.348 e. The Kier molecular flexibility index (Phi) is 3.69. The molecule has 0 spiro atoms. The molecule has 2 unspecified atom stereocenters. The van der Waals surface area contributed by atoms with Gasteiger partial charge in [-0.3, -0.25) is 4.79 Å². The Morgan fingerprint density at radius 3 is 3.05 bits per heavy atom. The third-order valence-corrected chi connectivity index (χ3v) is 4.06. The molecule has 106 valence electrons. The van der Waals surface area contributed by atoms with Crippen LogP contribution in [0.3, 0.4) is 0 Å². The summed E-state index contributed by atoms with van der Waals surface area (Å²) in [4.78, 5) is 12.4. The van der Waals surface area contributed by atoms with Crippen molar-refractivity contribution in [3.63, 3.8) is 0 Å². The maximum atomic E-state index is 12.4. The molecule has 3 rings (SSSR count). The predicted molar refractivity (Wildman–Crippen MR) is 77.5 cm³/mol. The maximum Gasteiger partial charge on any atom is 0.255 e. The molecule has 0 radical (unpaired) electrons. The van der Waals surface area contributed by atoms with Gasteiger partial charge < -0.3 is 11.1 Å². The van der Waals surface area contributed by atoms with Crippen molar-refractivity contribution in [2.75, 3.05) is 0 Å². The first kappa shape index (κ1) is 13.1. The highest BCUT2D eigenvalue weighted by atomic mass is 16.1. The summed E-state index contributed by atoms with van der Waals surface area (Å²) >= 11 is 0. The van der Waals surface area contributed by atoms with Gasteiger partial charge in [-0.2, -0.15) is 5.10 Å². The summed E-state index contributed by atoms with van der Waals surface area (Å²) in [6.07, 6.45) is 8.90. The van der Waals surface area contributed by atoms with Crippen LogP contribution in [0.2, 0.25) is 0 Å². The van der Waals surface area contributed by atoms with Crippen molar-refractivity contribution in [3.05, 3.63) is 36.2 Å². The molecule has 5 heteroatoms. The summed E-state index contributed by atoms with van der Waals surface area (Å²) in [5, 5.41) is 7.28. The number of nitrogens with two attached hydrogens (primary N) is 1. The molecule has 0 aromatic carbocycles. The Morgan fingerprint density at radius 2 is 2.15 bits per heavy atom. The van der Waals surface area contributed by atoms with Crippen LogP contribution < -0.4 is 11.1 Å². The second-order valence-electron chi connectivity index (χ2n) is 5.47. The van der Waals surface area contributed by atoms with E-state index in [9.17, 15) is 4.79 Å². The van der Waals surface area contributed by atoms with Crippen molar-refractivity contribution in [3.8, 4) is 0 Å². The summed E-state index contributed by atoms with van der Waals surface area (Å²) in [6.45, 7) is 0. The molecule has 0 aliphatic heterocycles. The van der Waals surface area contributed by atoms with Crippen LogP contribution >= 0.6 is 0 Å². The van der Waals surface area contributed by atoms with Crippen molar-refractivity contribution in [2.45, 2.75) is 44.2 Å². The Hall–Kier alpha value is -1.88. The standard InChI is InChI=1S/C15H20N4O/c16-12-6-2-1-3-7-13(12)18-15(20)11-10-17-19-9-5-4-8-14(11)19/h4-5,8-10,12-13H,1-3,6-7,16H2,(H,18,20). The summed E-state index contributed by atoms with van der Waals surface area (Å²) in [7, 11) is 0. The highest BCUT2D eigenvalue weighted by molar-refractivity contribution is 6.00. The number of nitrogens with one attached hydrogen (secondary N) is 1. The average molecular weight is 272 g/mol. The monoisotopic (exact) mass is 272 g/mol. The predicted octanol–water partition coefficient (Wildman–Crippen LogP) is 1.72. The molecule has 2 atom stereocenters. The molecule has 3 N–H and O–H groups in total. The first-order chi connectivity index (χ1) is 9.75. The van der Waals surface area contributed by atoms with Crippen molar-refractivity contribution in [2.24, 2.45) is 5.73 Å². The summed E-state index contributed by atoms with van der Waals surface area (Å²) in [5.74, 6) is -0.0754. The van der Waals surface area contributed by atoms with Crippen LogP contribution in [0.25, 0.3) is 5.52 Å². The first-order valence-corrected chi connectivity index (χ1v) is 7.24. The van der Waals surface area contributed by atoms with Crippen molar-refractivity contribution < 1.29 is 4.79 Å². The molecule has 1 fully saturated rings. The van der Waals surface area contributed by atoms with Gasteiger partial charge in [0, 0.05) is 18.3 Å². The van der Waals surface area contributed by atoms with E-state index in [1.807, 2.05) is 24.4 Å². The normalized spacial score (nSPS) is 23.4. The van der Waals surface area contributed by atoms with Crippen LogP contribution in [0.1, 0.15) is 42.5 Å². The number of fused-ring (bicyclic) bond motifs is 1. The van der Waals surface area contributed by atoms with E-state index in [2.05, 4.69) is 10.4 Å². The van der Waals surface area contributed by atoms with Crippen molar-refractivity contribution >= 4 is 11.4 Å². The van der Waals surface area contributed by atoms with Gasteiger partial charge in [-0.25, -0.2) is 4.52 Å². The fourth-order valence-electron chi connectivity index (χ4n) is 2.87. The van der Waals surface area contributed by atoms with Gasteiger partial charge in [0.1, 0.15) is 0 Å². The lowest BCUT2D eigenvalue weighted by molar-refractivity contribution is 0.0930. The molecule has 1 saturated carbocycles. The number of amides is 1. The van der Waals surface area contributed by atoms with Gasteiger partial charge in [-0.05, 0) is 25.0 Å². The molecule has 1 amide bonds. The van der Waals surface area contributed by atoms with E-state index in [4.69, 9.17) is 5.73 Å². The highest BCUT2D eigenvalue weighted by Gasteiger charge is 2.23. The van der Waals surface area contributed by atoms with Crippen LogP contribution in [-0.2, 0) is 0 Å². The van der Waals surface area contributed by atoms with Gasteiger partial charge in [0.15, 0.2) is 0 Å². The van der Waals surface area contributed by atoms with E-state index in [0.717, 1.165) is 31.2 Å². The smallest absolute Gasteiger partial charge is 0.255 e. The second-order valence-corrected chi connectivity index (χ2v) is 5.47. The Morgan fingerprint density at radius 1 is 1.30 bits per heavy atom. The lowest BCUT2D eigenvalue weighted by atomic mass is 10.0. The van der Waals surface area contributed by atoms with Crippen molar-refractivity contribution in [1.82, 2.24) is 14.9 Å². The number of hydrogen-bond donors (Lipinski definition) is 2. The van der Waals surface area contributed by atoms with Crippen LogP contribution in [0, 0.1) is 0 Å². The zero-order chi connectivity index (χ0) is 13.9. The zero-order valence-corrected chi connectivity index (χ0v) is 11.5. The minimum absolute atomic E-state index is 0.0586. The van der Waals surface area contributed by atoms with Gasteiger partial charge in [-0.1, -0.05) is 25.3 Å². The fraction of sp³-hybridized carbons (Fsp3) is 0.467. The van der Waals surface area contributed by atoms with Crippen molar-refractivity contribution in [1.29, 1.82) is 0 Å². The summed E-state index contributed by atoms with van der Waals surface area (Å²) in [6, 6.07) is 5.83. The van der Waals surface area contributed by atoms with Crippen LogP contribution in [0.4, 0.5) is 0 Å². The quantitative estimate of drug-likeness (QED) is 0.818. The maximum absolute atomic E-state index is 12.4. The Balaban J connectivity index is 1.78. The van der Waals surface area contributed by atoms with E-state index in [-0.39, 0.29) is 18.0 Å². The van der Waals surface area contributed by atoms with E-state index >= 15 is 0 Å². The zero-order valence-electron chi connectivity index (χ0n) is 11.5. The molecule has 0 saturated heterocycles. The van der Waals surface area contributed by atoms with E-state index in [1.54, 1.807) is 10.7 Å². The molecule has 2 heterocycles. The summed E-state index contributed by atoms with van der Waals surface area (Å²) < 4.78 is 1.71. The molecule has 2 aromatic rings. The van der Waals surface area contributed by atoms with E-state index in [1.165, 1.54) is 6.42 Å². The number of carbonyl (C=O) groups is 1. The third-order valence-electron chi connectivity index (χ3n) is 4.06. The van der Waals surface area contributed by atoms with Gasteiger partial charge in [0.25, 0.3) is 5.91 Å². The molecule has 20 heavy (non-hydrogen) atoms. The molecule has 2 aromatic heterocycles. The second kappa shape index (κ2) is 5.63. The molecular formula is C15H20N4O. The van der Waals surface area contributed by atoms with Crippen LogP contribution in [-0.4, -0.2) is 27.6 Å². The van der Waals surface area contributed by atoms with Gasteiger partial charge >= 0.3 is 0 Å². The topological polar surface area (TPSA) is 72.4 Å². The molecule has 1 aliphatic carbocycles. The minimum atomic E-state index is -0.0754. The van der Waals surface area contributed by atoms with E-state index in [0.29, 0.717) is 5.56 Å². The number of pyridine rings is 1. The Labute approximate surface area is 118 Å². The third kappa shape index (κ3) is 2.54. The fourth-order valence-corrected chi connectivity index (χ4v) is 2.87. The lowest BCUT2D eigenvalue weighted by Gasteiger charge is -2.22. The van der Waals surface area contributed by atoms with Gasteiger partial charge in [0.05, 0.1) is 17.3 Å². The molecule has 0 bridgehead atoms. The first-order valence-electron chi connectivity index (χ1n) is 7.24. The minimum Gasteiger partial charge on any atom is -0.348 e. The summed E-state index contributed by atoms with van der Waals surface area (Å²) in [5.41, 5.74) is 7.60. The molecular weight excluding hydrogens is 252 g/mol. The molecule has 5 nitrogen and oxygen atoms in total. The number of aromatic nitrogens is 2. The number of hydrogen-bond acceptors (Lipinski definition) is 3. The number of nitrogens with zero attached hydrogens (tertiary/aromatic N) is 2. The van der Waals surface area contributed by atoms with Crippen LogP contribution in [0.5, 0.6) is 0 Å². The lowest BCUT2D eigenvalue weighted by Crippen LogP contribution is -2.46. The Bertz CT molecular complexity index is 607. The number of rotatable bonds is 2. The van der Waals surface area contributed by atoms with Crippen LogP contribution in [0.15, 0.2) is 30.6 Å². The average Bonchev–Trinajstić information content (AvgIpc) is 2.79. The number of carbonyl (C=O) groups excluding carboxylic acids is 1.